The second-order valence-corrected chi connectivity index (χ2v) is 9.32. The molecule has 11 heteroatoms. The van der Waals surface area contributed by atoms with Crippen LogP contribution in [0.3, 0.4) is 0 Å². The van der Waals surface area contributed by atoms with E-state index in [0.29, 0.717) is 29.8 Å². The Balaban J connectivity index is 0.00000560. The highest BCUT2D eigenvalue weighted by atomic mass is 35.5. The molecule has 3 aromatic rings. The van der Waals surface area contributed by atoms with Crippen LogP contribution in [0.1, 0.15) is 41.7 Å². The van der Waals surface area contributed by atoms with E-state index in [1.165, 1.54) is 13.0 Å². The minimum Gasteiger partial charge on any atom is -0.494 e. The number of hydrogen-bond acceptors (Lipinski definition) is 5. The van der Waals surface area contributed by atoms with Crippen molar-refractivity contribution in [3.05, 3.63) is 100 Å². The quantitative estimate of drug-likeness (QED) is 0.169. The summed E-state index contributed by atoms with van der Waals surface area (Å²) in [7, 11) is 0. The van der Waals surface area contributed by atoms with Crippen molar-refractivity contribution in [1.82, 2.24) is 4.90 Å². The van der Waals surface area contributed by atoms with Crippen molar-refractivity contribution in [2.45, 2.75) is 38.6 Å². The Morgan fingerprint density at radius 1 is 1.02 bits per heavy atom. The number of carbonyl (C=O) groups excluding carboxylic acids is 1. The van der Waals surface area contributed by atoms with E-state index in [9.17, 15) is 22.8 Å². The zero-order valence-corrected chi connectivity index (χ0v) is 23.3. The Bertz CT molecular complexity index is 1260. The van der Waals surface area contributed by atoms with Crippen LogP contribution in [-0.2, 0) is 33.5 Å². The summed E-state index contributed by atoms with van der Waals surface area (Å²) >= 11 is 6.17. The van der Waals surface area contributed by atoms with Gasteiger partial charge in [-0.1, -0.05) is 66.2 Å². The number of hydrogen-bond donors (Lipinski definition) is 1. The van der Waals surface area contributed by atoms with Gasteiger partial charge in [0.1, 0.15) is 11.9 Å². The van der Waals surface area contributed by atoms with E-state index in [-0.39, 0.29) is 43.5 Å². The molecule has 0 amide bonds. The molecule has 0 heterocycles. The van der Waals surface area contributed by atoms with Crippen LogP contribution >= 0.6 is 24.0 Å². The predicted molar refractivity (Wildman–Crippen MR) is 148 cm³/mol. The molecule has 3 rings (SSSR count). The first-order chi connectivity index (χ1) is 18.5. The summed E-state index contributed by atoms with van der Waals surface area (Å²) in [6.07, 6.45) is -4.88. The number of rotatable bonds is 13. The highest BCUT2D eigenvalue weighted by Gasteiger charge is 2.34. The molecule has 40 heavy (non-hydrogen) atoms. The van der Waals surface area contributed by atoms with E-state index >= 15 is 0 Å². The molecule has 0 fully saturated rings. The summed E-state index contributed by atoms with van der Waals surface area (Å²) in [5.74, 6) is -0.912. The van der Waals surface area contributed by atoms with Crippen LogP contribution in [0.25, 0.3) is 0 Å². The van der Waals surface area contributed by atoms with Gasteiger partial charge in [0.25, 0.3) is 0 Å². The number of carbonyl (C=O) groups is 2. The molecule has 3 aromatic carbocycles. The third kappa shape index (κ3) is 10.4. The lowest BCUT2D eigenvalue weighted by Gasteiger charge is -2.28. The zero-order chi connectivity index (χ0) is 28.4. The molecule has 1 N–H and O–H groups in total. The Morgan fingerprint density at radius 3 is 2.38 bits per heavy atom. The van der Waals surface area contributed by atoms with E-state index in [1.807, 2.05) is 35.2 Å². The van der Waals surface area contributed by atoms with Gasteiger partial charge in [-0.15, -0.1) is 12.4 Å². The average molecular weight is 600 g/mol. The number of ether oxygens (including phenoxy) is 2. The summed E-state index contributed by atoms with van der Waals surface area (Å²) in [4.78, 5) is 24.7. The number of carboxylic acids is 1. The van der Waals surface area contributed by atoms with E-state index < -0.39 is 29.8 Å². The molecule has 0 aliphatic carbocycles. The average Bonchev–Trinajstić information content (AvgIpc) is 2.86. The molecule has 6 nitrogen and oxygen atoms in total. The van der Waals surface area contributed by atoms with E-state index in [0.717, 1.165) is 11.6 Å². The van der Waals surface area contributed by atoms with Crippen LogP contribution < -0.4 is 4.74 Å². The van der Waals surface area contributed by atoms with E-state index in [2.05, 4.69) is 0 Å². The minimum atomic E-state index is -4.59. The molecule has 1 atom stereocenters. The van der Waals surface area contributed by atoms with E-state index in [1.54, 1.807) is 30.3 Å². The largest absolute Gasteiger partial charge is 0.494 e. The highest BCUT2D eigenvalue weighted by molar-refractivity contribution is 6.32. The van der Waals surface area contributed by atoms with Gasteiger partial charge in [-0.25, -0.2) is 0 Å². The Kier molecular flexibility index (Phi) is 12.8. The molecule has 0 saturated heterocycles. The smallest absolute Gasteiger partial charge is 0.417 e. The molecule has 0 bridgehead atoms. The topological polar surface area (TPSA) is 76.1 Å². The van der Waals surface area contributed by atoms with Crippen LogP contribution in [0, 0.1) is 0 Å². The van der Waals surface area contributed by atoms with E-state index in [4.69, 9.17) is 26.2 Å². The standard InChI is InChI=1S/C29H29ClF3NO5.ClH/c1-20(35)39-26(22-9-3-2-4-10-22)19-34(18-23-11-6-13-25(28(23)30)29(31,32)33)14-7-15-38-24-12-5-8-21(16-24)17-27(36)37;/h2-6,8-13,16,26H,7,14-15,17-19H2,1H3,(H,36,37);1H/t26-;/m0./s1. The number of esters is 1. The second-order valence-electron chi connectivity index (χ2n) is 8.94. The maximum Gasteiger partial charge on any atom is 0.417 e. The van der Waals surface area contributed by atoms with Crippen LogP contribution in [0.5, 0.6) is 5.75 Å². The Morgan fingerprint density at radius 2 is 1.73 bits per heavy atom. The van der Waals surface area contributed by atoms with Crippen LogP contribution in [-0.4, -0.2) is 41.6 Å². The first-order valence-corrected chi connectivity index (χ1v) is 12.6. The van der Waals surface area contributed by atoms with Crippen LogP contribution in [0.15, 0.2) is 72.8 Å². The third-order valence-corrected chi connectivity index (χ3v) is 6.27. The zero-order valence-electron chi connectivity index (χ0n) is 21.7. The molecular formula is C29H30Cl2F3NO5. The van der Waals surface area contributed by atoms with Crippen molar-refractivity contribution in [2.75, 3.05) is 19.7 Å². The molecule has 0 unspecified atom stereocenters. The maximum atomic E-state index is 13.4. The van der Waals surface area contributed by atoms with Gasteiger partial charge in [0, 0.05) is 26.6 Å². The van der Waals surface area contributed by atoms with Crippen LogP contribution in [0.2, 0.25) is 5.02 Å². The van der Waals surface area contributed by atoms with Gasteiger partial charge in [-0.05, 0) is 41.3 Å². The summed E-state index contributed by atoms with van der Waals surface area (Å²) in [5.41, 5.74) is 0.737. The molecule has 0 aromatic heterocycles. The summed E-state index contributed by atoms with van der Waals surface area (Å²) in [5, 5.41) is 8.62. The van der Waals surface area contributed by atoms with Gasteiger partial charge in [0.15, 0.2) is 0 Å². The monoisotopic (exact) mass is 599 g/mol. The van der Waals surface area contributed by atoms with Crippen molar-refractivity contribution in [3.63, 3.8) is 0 Å². The lowest BCUT2D eigenvalue weighted by molar-refractivity contribution is -0.148. The van der Waals surface area contributed by atoms with Gasteiger partial charge < -0.3 is 14.6 Å². The number of benzene rings is 3. The number of aliphatic carboxylic acids is 1. The first kappa shape index (κ1) is 32.9. The fourth-order valence-corrected chi connectivity index (χ4v) is 4.40. The van der Waals surface area contributed by atoms with Gasteiger partial charge >= 0.3 is 18.1 Å². The Hall–Kier alpha value is -3.27. The number of halogens is 5. The minimum absolute atomic E-state index is 0. The highest BCUT2D eigenvalue weighted by Crippen LogP contribution is 2.36. The normalized spacial score (nSPS) is 11.9. The van der Waals surface area contributed by atoms with Gasteiger partial charge in [-0.2, -0.15) is 13.2 Å². The molecule has 0 spiro atoms. The lowest BCUT2D eigenvalue weighted by atomic mass is 10.1. The predicted octanol–water partition coefficient (Wildman–Crippen LogP) is 6.98. The second kappa shape index (κ2) is 15.5. The fraction of sp³-hybridized carbons (Fsp3) is 0.310. The lowest BCUT2D eigenvalue weighted by Crippen LogP contribution is -2.32. The van der Waals surface area contributed by atoms with Crippen LogP contribution in [0.4, 0.5) is 13.2 Å². The Labute approximate surface area is 242 Å². The van der Waals surface area contributed by atoms with Gasteiger partial charge in [-0.3, -0.25) is 14.5 Å². The SMILES string of the molecule is CC(=O)O[C@@H](CN(CCCOc1cccc(CC(=O)O)c1)Cc1cccc(C(F)(F)F)c1Cl)c1ccccc1.Cl. The number of carboxylic acid groups (broad SMARTS) is 1. The maximum absolute atomic E-state index is 13.4. The number of alkyl halides is 3. The summed E-state index contributed by atoms with van der Waals surface area (Å²) in [6, 6.07) is 19.7. The summed E-state index contributed by atoms with van der Waals surface area (Å²) < 4.78 is 51.7. The first-order valence-electron chi connectivity index (χ1n) is 12.3. The third-order valence-electron chi connectivity index (χ3n) is 5.82. The van der Waals surface area contributed by atoms with Crippen molar-refractivity contribution in [3.8, 4) is 5.75 Å². The van der Waals surface area contributed by atoms with Gasteiger partial charge in [0.05, 0.1) is 23.6 Å². The molecular weight excluding hydrogens is 570 g/mol. The molecule has 216 valence electrons. The van der Waals surface area contributed by atoms with Crippen molar-refractivity contribution in [1.29, 1.82) is 0 Å². The molecule has 0 saturated carbocycles. The fourth-order valence-electron chi connectivity index (χ4n) is 4.11. The molecule has 0 aliphatic rings. The number of nitrogens with zero attached hydrogens (tertiary/aromatic N) is 1. The van der Waals surface area contributed by atoms with Crippen molar-refractivity contribution >= 4 is 35.9 Å². The van der Waals surface area contributed by atoms with Crippen molar-refractivity contribution in [2.24, 2.45) is 0 Å². The summed E-state index contributed by atoms with van der Waals surface area (Å²) in [6.45, 7) is 2.26. The van der Waals surface area contributed by atoms with Gasteiger partial charge in [0.2, 0.25) is 0 Å². The van der Waals surface area contributed by atoms with Crippen molar-refractivity contribution < 1.29 is 37.3 Å². The molecule has 0 radical (unpaired) electrons. The molecule has 0 aliphatic heterocycles.